The molecule has 3 aromatic carbocycles. The number of rotatable bonds is 9. The second-order valence-corrected chi connectivity index (χ2v) is 8.45. The van der Waals surface area contributed by atoms with Gasteiger partial charge in [0.1, 0.15) is 6.20 Å². The predicted molar refractivity (Wildman–Crippen MR) is 150 cm³/mol. The fourth-order valence-electron chi connectivity index (χ4n) is 3.96. The summed E-state index contributed by atoms with van der Waals surface area (Å²) in [6.07, 6.45) is 2.26. The van der Waals surface area contributed by atoms with Crippen LogP contribution in [0.3, 0.4) is 0 Å². The summed E-state index contributed by atoms with van der Waals surface area (Å²) in [4.78, 5) is 43.6. The van der Waals surface area contributed by atoms with Crippen molar-refractivity contribution < 1.29 is 19.3 Å². The van der Waals surface area contributed by atoms with Crippen LogP contribution in [0, 0.1) is 20.2 Å². The van der Waals surface area contributed by atoms with E-state index in [-0.39, 0.29) is 41.1 Å². The van der Waals surface area contributed by atoms with Gasteiger partial charge in [-0.05, 0) is 25.1 Å². The lowest BCUT2D eigenvalue weighted by Gasteiger charge is -2.12. The first kappa shape index (κ1) is 26.6. The number of nitro benzene ring substituents is 1. The van der Waals surface area contributed by atoms with Gasteiger partial charge in [0.2, 0.25) is 11.6 Å². The Balaban J connectivity index is 1.60. The van der Waals surface area contributed by atoms with Gasteiger partial charge in [0.05, 0.1) is 33.6 Å². The number of ether oxygens (including phenoxy) is 2. The fourth-order valence-corrected chi connectivity index (χ4v) is 3.96. The lowest BCUT2D eigenvalue weighted by molar-refractivity contribution is -0.385. The largest absolute Gasteiger partial charge is 0.490 e. The Kier molecular flexibility index (Phi) is 7.41. The van der Waals surface area contributed by atoms with Crippen molar-refractivity contribution in [2.75, 3.05) is 6.61 Å². The van der Waals surface area contributed by atoms with E-state index in [4.69, 9.17) is 9.47 Å². The average molecular weight is 553 g/mol. The number of benzene rings is 3. The summed E-state index contributed by atoms with van der Waals surface area (Å²) in [6.45, 7) is 1.83. The van der Waals surface area contributed by atoms with Gasteiger partial charge in [-0.3, -0.25) is 25.0 Å². The first-order valence-corrected chi connectivity index (χ1v) is 12.2. The maximum atomic E-state index is 13.4. The molecule has 0 amide bonds. The van der Waals surface area contributed by atoms with Crippen molar-refractivity contribution in [2.45, 2.75) is 6.92 Å². The Bertz CT molecular complexity index is 1850. The Morgan fingerprint density at radius 1 is 0.976 bits per heavy atom. The van der Waals surface area contributed by atoms with Crippen molar-refractivity contribution >= 4 is 28.5 Å². The molecule has 0 aliphatic rings. The maximum Gasteiger partial charge on any atom is 0.316 e. The molecular weight excluding hydrogens is 532 g/mol. The first-order chi connectivity index (χ1) is 19.9. The molecule has 0 aliphatic carbocycles. The van der Waals surface area contributed by atoms with E-state index in [2.05, 4.69) is 15.1 Å². The Morgan fingerprint density at radius 2 is 1.73 bits per heavy atom. The molecule has 0 radical (unpaired) electrons. The molecule has 5 aromatic rings. The summed E-state index contributed by atoms with van der Waals surface area (Å²) < 4.78 is 12.4. The standard InChI is InChI=1S/C28H20N6O7/c1-2-40-24-15-18(14-23(34(38)39)26(24)41-25-13-12-20(17-29-25)33(36)37)16-30-32-27(19-8-4-3-5-9-19)31-22-11-7-6-10-21(22)28(32)35/h3-17H,2H2,1H3. The fraction of sp³-hybridized carbons (Fsp3) is 0.0714. The van der Waals surface area contributed by atoms with Gasteiger partial charge in [0.25, 0.3) is 11.2 Å². The number of hydrogen-bond acceptors (Lipinski definition) is 10. The highest BCUT2D eigenvalue weighted by atomic mass is 16.6. The Hall–Kier alpha value is -5.98. The predicted octanol–water partition coefficient (Wildman–Crippen LogP) is 5.35. The van der Waals surface area contributed by atoms with E-state index in [0.717, 1.165) is 16.9 Å². The van der Waals surface area contributed by atoms with Gasteiger partial charge < -0.3 is 9.47 Å². The summed E-state index contributed by atoms with van der Waals surface area (Å²) >= 11 is 0. The molecule has 2 aromatic heterocycles. The van der Waals surface area contributed by atoms with E-state index in [9.17, 15) is 25.0 Å². The van der Waals surface area contributed by atoms with Crippen LogP contribution in [0.1, 0.15) is 12.5 Å². The zero-order valence-electron chi connectivity index (χ0n) is 21.4. The number of para-hydroxylation sites is 1. The zero-order chi connectivity index (χ0) is 28.9. The van der Waals surface area contributed by atoms with Gasteiger partial charge in [0, 0.05) is 29.3 Å². The van der Waals surface area contributed by atoms with Crippen LogP contribution in [0.2, 0.25) is 0 Å². The highest BCUT2D eigenvalue weighted by Gasteiger charge is 2.24. The molecule has 0 fully saturated rings. The molecular formula is C28H20N6O7. The van der Waals surface area contributed by atoms with Gasteiger partial charge >= 0.3 is 5.69 Å². The number of nitro groups is 2. The van der Waals surface area contributed by atoms with Crippen LogP contribution in [0.5, 0.6) is 17.4 Å². The number of pyridine rings is 1. The van der Waals surface area contributed by atoms with Crippen molar-refractivity contribution in [3.63, 3.8) is 0 Å². The molecule has 0 bridgehead atoms. The minimum Gasteiger partial charge on any atom is -0.490 e. The van der Waals surface area contributed by atoms with Crippen LogP contribution in [0.4, 0.5) is 11.4 Å². The lowest BCUT2D eigenvalue weighted by Crippen LogP contribution is -2.20. The number of aromatic nitrogens is 3. The van der Waals surface area contributed by atoms with Gasteiger partial charge in [-0.25, -0.2) is 9.97 Å². The van der Waals surface area contributed by atoms with Gasteiger partial charge in [-0.15, -0.1) is 0 Å². The summed E-state index contributed by atoms with van der Waals surface area (Å²) in [5.74, 6) is -0.0583. The zero-order valence-corrected chi connectivity index (χ0v) is 21.4. The topological polar surface area (TPSA) is 165 Å². The SMILES string of the molecule is CCOc1cc(C=Nn2c(-c3ccccc3)nc3ccccc3c2=O)cc([N+](=O)[O-])c1Oc1ccc([N+](=O)[O-])cn1. The molecule has 0 aliphatic heterocycles. The Morgan fingerprint density at radius 3 is 2.41 bits per heavy atom. The van der Waals surface area contributed by atoms with E-state index in [1.54, 1.807) is 55.5 Å². The third kappa shape index (κ3) is 5.59. The van der Waals surface area contributed by atoms with Crippen LogP contribution < -0.4 is 15.0 Å². The second kappa shape index (κ2) is 11.4. The molecule has 0 atom stereocenters. The number of nitrogens with zero attached hydrogens (tertiary/aromatic N) is 6. The first-order valence-electron chi connectivity index (χ1n) is 12.2. The monoisotopic (exact) mass is 552 g/mol. The van der Waals surface area contributed by atoms with Crippen LogP contribution in [-0.2, 0) is 0 Å². The van der Waals surface area contributed by atoms with E-state index >= 15 is 0 Å². The van der Waals surface area contributed by atoms with Crippen LogP contribution >= 0.6 is 0 Å². The average Bonchev–Trinajstić information content (AvgIpc) is 2.98. The maximum absolute atomic E-state index is 13.4. The van der Waals surface area contributed by atoms with E-state index < -0.39 is 21.1 Å². The molecule has 0 saturated carbocycles. The van der Waals surface area contributed by atoms with Crippen molar-refractivity contribution in [3.8, 4) is 28.8 Å². The summed E-state index contributed by atoms with van der Waals surface area (Å²) in [5.41, 5.74) is 0.227. The molecule has 204 valence electrons. The molecule has 13 nitrogen and oxygen atoms in total. The minimum absolute atomic E-state index is 0.00979. The number of hydrogen-bond donors (Lipinski definition) is 0. The smallest absolute Gasteiger partial charge is 0.316 e. The van der Waals surface area contributed by atoms with E-state index in [0.29, 0.717) is 16.5 Å². The van der Waals surface area contributed by atoms with Gasteiger partial charge in [-0.2, -0.15) is 9.78 Å². The molecule has 5 rings (SSSR count). The summed E-state index contributed by atoms with van der Waals surface area (Å²) in [6, 6.07) is 20.9. The van der Waals surface area contributed by atoms with Crippen molar-refractivity contribution in [3.05, 3.63) is 121 Å². The minimum atomic E-state index is -0.667. The third-order valence-corrected chi connectivity index (χ3v) is 5.80. The van der Waals surface area contributed by atoms with Gasteiger partial charge in [0.15, 0.2) is 11.6 Å². The Labute approximate surface area is 231 Å². The third-order valence-electron chi connectivity index (χ3n) is 5.80. The molecule has 13 heteroatoms. The van der Waals surface area contributed by atoms with Crippen molar-refractivity contribution in [1.82, 2.24) is 14.6 Å². The molecule has 0 saturated heterocycles. The van der Waals surface area contributed by atoms with E-state index in [1.807, 2.05) is 6.07 Å². The van der Waals surface area contributed by atoms with Crippen LogP contribution in [0.25, 0.3) is 22.3 Å². The van der Waals surface area contributed by atoms with E-state index in [1.165, 1.54) is 24.4 Å². The van der Waals surface area contributed by atoms with Crippen LogP contribution in [-0.4, -0.2) is 37.3 Å². The molecule has 0 spiro atoms. The highest BCUT2D eigenvalue weighted by Crippen LogP contribution is 2.41. The normalized spacial score (nSPS) is 11.0. The summed E-state index contributed by atoms with van der Waals surface area (Å²) in [7, 11) is 0. The van der Waals surface area contributed by atoms with Crippen molar-refractivity contribution in [2.24, 2.45) is 5.10 Å². The molecule has 0 N–H and O–H groups in total. The molecule has 2 heterocycles. The summed E-state index contributed by atoms with van der Waals surface area (Å²) in [5, 5.41) is 27.7. The van der Waals surface area contributed by atoms with Crippen molar-refractivity contribution in [1.29, 1.82) is 0 Å². The van der Waals surface area contributed by atoms with Crippen LogP contribution in [0.15, 0.2) is 95.0 Å². The molecule has 0 unspecified atom stereocenters. The second-order valence-electron chi connectivity index (χ2n) is 8.45. The highest BCUT2D eigenvalue weighted by molar-refractivity contribution is 5.84. The lowest BCUT2D eigenvalue weighted by atomic mass is 10.1. The quantitative estimate of drug-likeness (QED) is 0.133. The number of fused-ring (bicyclic) bond motifs is 1. The molecule has 41 heavy (non-hydrogen) atoms. The van der Waals surface area contributed by atoms with Gasteiger partial charge in [-0.1, -0.05) is 42.5 Å².